The van der Waals surface area contributed by atoms with Gasteiger partial charge in [-0.1, -0.05) is 6.92 Å². The number of benzene rings is 1. The zero-order valence-corrected chi connectivity index (χ0v) is 14.2. The fourth-order valence-electron chi connectivity index (χ4n) is 2.64. The Balaban J connectivity index is 2.10. The molecular weight excluding hydrogens is 343 g/mol. The standard InChI is InChI=1S/C17H17FN4O4/c1-3-10-8-15(17(23)26-4-2)19-16-9-14(20-21(10)16)12-6-5-11(22(24)25)7-13(12)18/h5-9,17,23H,3-4H2,1-2H3/t17-/m1/s1. The van der Waals surface area contributed by atoms with E-state index in [0.717, 1.165) is 11.8 Å². The summed E-state index contributed by atoms with van der Waals surface area (Å²) in [6.07, 6.45) is -0.556. The van der Waals surface area contributed by atoms with Gasteiger partial charge in [0.2, 0.25) is 0 Å². The molecule has 0 amide bonds. The second-order valence-electron chi connectivity index (χ2n) is 5.55. The first-order chi connectivity index (χ1) is 12.4. The second kappa shape index (κ2) is 7.14. The van der Waals surface area contributed by atoms with E-state index in [1.165, 1.54) is 12.1 Å². The second-order valence-corrected chi connectivity index (χ2v) is 5.55. The molecule has 0 saturated heterocycles. The van der Waals surface area contributed by atoms with Crippen LogP contribution in [0.15, 0.2) is 30.3 Å². The fourth-order valence-corrected chi connectivity index (χ4v) is 2.64. The normalized spacial score (nSPS) is 12.5. The van der Waals surface area contributed by atoms with Crippen LogP contribution in [0.4, 0.5) is 10.1 Å². The van der Waals surface area contributed by atoms with Crippen LogP contribution in [0.25, 0.3) is 16.9 Å². The number of aliphatic hydroxyl groups excluding tert-OH is 1. The number of aryl methyl sites for hydroxylation is 1. The minimum absolute atomic E-state index is 0.134. The third-order valence-electron chi connectivity index (χ3n) is 3.90. The van der Waals surface area contributed by atoms with E-state index in [-0.39, 0.29) is 11.3 Å². The Hall–Kier alpha value is -2.91. The smallest absolute Gasteiger partial charge is 0.272 e. The Labute approximate surface area is 148 Å². The maximum Gasteiger partial charge on any atom is 0.272 e. The topological polar surface area (TPSA) is 103 Å². The molecule has 2 aromatic heterocycles. The van der Waals surface area contributed by atoms with Crippen molar-refractivity contribution in [3.05, 3.63) is 57.7 Å². The third-order valence-corrected chi connectivity index (χ3v) is 3.90. The molecule has 0 aliphatic rings. The van der Waals surface area contributed by atoms with Gasteiger partial charge < -0.3 is 9.84 Å². The van der Waals surface area contributed by atoms with Crippen LogP contribution in [0.5, 0.6) is 0 Å². The van der Waals surface area contributed by atoms with E-state index in [1.807, 2.05) is 6.92 Å². The van der Waals surface area contributed by atoms with Crippen molar-refractivity contribution in [2.75, 3.05) is 6.61 Å². The average molecular weight is 360 g/mol. The van der Waals surface area contributed by atoms with Crippen LogP contribution in [-0.4, -0.2) is 31.2 Å². The molecule has 0 bridgehead atoms. The van der Waals surface area contributed by atoms with Crippen LogP contribution in [-0.2, 0) is 11.2 Å². The van der Waals surface area contributed by atoms with Crippen molar-refractivity contribution in [3.63, 3.8) is 0 Å². The van der Waals surface area contributed by atoms with Crippen LogP contribution in [0, 0.1) is 15.9 Å². The highest BCUT2D eigenvalue weighted by Gasteiger charge is 2.18. The number of nitro groups is 1. The lowest BCUT2D eigenvalue weighted by Crippen LogP contribution is -2.09. The number of aliphatic hydroxyl groups is 1. The predicted molar refractivity (Wildman–Crippen MR) is 91.0 cm³/mol. The largest absolute Gasteiger partial charge is 0.363 e. The number of ether oxygens (including phenoxy) is 1. The van der Waals surface area contributed by atoms with Gasteiger partial charge in [0.1, 0.15) is 11.5 Å². The number of non-ortho nitro benzene ring substituents is 1. The molecule has 3 rings (SSSR count). The van der Waals surface area contributed by atoms with Crippen molar-refractivity contribution < 1.29 is 19.2 Å². The molecule has 9 heteroatoms. The molecule has 2 heterocycles. The monoisotopic (exact) mass is 360 g/mol. The van der Waals surface area contributed by atoms with Crippen molar-refractivity contribution in [1.29, 1.82) is 0 Å². The maximum absolute atomic E-state index is 14.3. The van der Waals surface area contributed by atoms with Gasteiger partial charge >= 0.3 is 0 Å². The van der Waals surface area contributed by atoms with Gasteiger partial charge in [0.25, 0.3) is 5.69 Å². The zero-order valence-electron chi connectivity index (χ0n) is 14.2. The summed E-state index contributed by atoms with van der Waals surface area (Å²) in [5.74, 6) is -0.741. The summed E-state index contributed by atoms with van der Waals surface area (Å²) in [5, 5.41) is 25.1. The number of fused-ring (bicyclic) bond motifs is 1. The van der Waals surface area contributed by atoms with Gasteiger partial charge in [-0.25, -0.2) is 13.9 Å². The van der Waals surface area contributed by atoms with Crippen LogP contribution in [0.3, 0.4) is 0 Å². The Morgan fingerprint density at radius 3 is 2.73 bits per heavy atom. The first kappa shape index (κ1) is 17.9. The number of halogens is 1. The van der Waals surface area contributed by atoms with E-state index in [9.17, 15) is 19.6 Å². The Kier molecular flexibility index (Phi) is 4.92. The molecule has 3 aromatic rings. The van der Waals surface area contributed by atoms with Gasteiger partial charge in [0, 0.05) is 30.0 Å². The van der Waals surface area contributed by atoms with Gasteiger partial charge in [0.05, 0.1) is 16.7 Å². The number of nitro benzene ring substituents is 1. The summed E-state index contributed by atoms with van der Waals surface area (Å²) < 4.78 is 21.0. The quantitative estimate of drug-likeness (QED) is 0.412. The predicted octanol–water partition coefficient (Wildman–Crippen LogP) is 3.03. The summed E-state index contributed by atoms with van der Waals surface area (Å²) in [6.45, 7) is 4.00. The van der Waals surface area contributed by atoms with Crippen molar-refractivity contribution in [3.8, 4) is 11.3 Å². The highest BCUT2D eigenvalue weighted by Crippen LogP contribution is 2.27. The van der Waals surface area contributed by atoms with Crippen LogP contribution in [0.2, 0.25) is 0 Å². The Bertz CT molecular complexity index is 973. The lowest BCUT2D eigenvalue weighted by molar-refractivity contribution is -0.385. The molecule has 136 valence electrons. The zero-order chi connectivity index (χ0) is 18.8. The third kappa shape index (κ3) is 3.26. The van der Waals surface area contributed by atoms with Gasteiger partial charge in [-0.15, -0.1) is 0 Å². The molecule has 26 heavy (non-hydrogen) atoms. The minimum atomic E-state index is -1.16. The van der Waals surface area contributed by atoms with Crippen LogP contribution in [0.1, 0.15) is 31.5 Å². The Morgan fingerprint density at radius 2 is 2.12 bits per heavy atom. The van der Waals surface area contributed by atoms with Crippen LogP contribution < -0.4 is 0 Å². The van der Waals surface area contributed by atoms with E-state index in [2.05, 4.69) is 10.1 Å². The molecule has 1 aromatic carbocycles. The number of hydrogen-bond acceptors (Lipinski definition) is 6. The van der Waals surface area contributed by atoms with E-state index >= 15 is 0 Å². The summed E-state index contributed by atoms with van der Waals surface area (Å²) >= 11 is 0. The minimum Gasteiger partial charge on any atom is -0.363 e. The fraction of sp³-hybridized carbons (Fsp3) is 0.294. The summed E-state index contributed by atoms with van der Waals surface area (Å²) in [6, 6.07) is 6.64. The van der Waals surface area contributed by atoms with Crippen molar-refractivity contribution in [2.45, 2.75) is 26.6 Å². The maximum atomic E-state index is 14.3. The molecule has 0 unspecified atom stereocenters. The molecule has 0 aliphatic carbocycles. The van der Waals surface area contributed by atoms with Crippen molar-refractivity contribution >= 4 is 11.3 Å². The average Bonchev–Trinajstić information content (AvgIpc) is 3.04. The number of aromatic nitrogens is 3. The van der Waals surface area contributed by atoms with Gasteiger partial charge in [0.15, 0.2) is 11.9 Å². The van der Waals surface area contributed by atoms with Crippen LogP contribution >= 0.6 is 0 Å². The van der Waals surface area contributed by atoms with Crippen molar-refractivity contribution in [2.24, 2.45) is 0 Å². The SMILES string of the molecule is CCO[C@@H](O)c1cc(CC)n2nc(-c3ccc([N+](=O)[O-])cc3F)cc2n1. The molecule has 0 aliphatic heterocycles. The number of hydrogen-bond donors (Lipinski definition) is 1. The molecule has 1 N–H and O–H groups in total. The lowest BCUT2D eigenvalue weighted by Gasteiger charge is -2.11. The highest BCUT2D eigenvalue weighted by atomic mass is 19.1. The molecular formula is C17H17FN4O4. The summed E-state index contributed by atoms with van der Waals surface area (Å²) in [4.78, 5) is 14.4. The molecule has 1 atom stereocenters. The van der Waals surface area contributed by atoms with Crippen molar-refractivity contribution in [1.82, 2.24) is 14.6 Å². The highest BCUT2D eigenvalue weighted by molar-refractivity contribution is 5.66. The molecule has 8 nitrogen and oxygen atoms in total. The molecule has 0 fully saturated rings. The molecule has 0 radical (unpaired) electrons. The Morgan fingerprint density at radius 1 is 1.35 bits per heavy atom. The molecule has 0 spiro atoms. The number of nitrogens with zero attached hydrogens (tertiary/aromatic N) is 4. The van der Waals surface area contributed by atoms with Gasteiger partial charge in [-0.05, 0) is 25.5 Å². The van der Waals surface area contributed by atoms with E-state index in [4.69, 9.17) is 4.74 Å². The van der Waals surface area contributed by atoms with E-state index < -0.39 is 17.0 Å². The first-order valence-electron chi connectivity index (χ1n) is 8.08. The number of rotatable bonds is 6. The summed E-state index contributed by atoms with van der Waals surface area (Å²) in [5.41, 5.74) is 1.62. The lowest BCUT2D eigenvalue weighted by atomic mass is 10.1. The van der Waals surface area contributed by atoms with E-state index in [0.29, 0.717) is 30.1 Å². The summed E-state index contributed by atoms with van der Waals surface area (Å²) in [7, 11) is 0. The van der Waals surface area contributed by atoms with Gasteiger partial charge in [-0.3, -0.25) is 10.1 Å². The first-order valence-corrected chi connectivity index (χ1v) is 8.08. The van der Waals surface area contributed by atoms with Gasteiger partial charge in [-0.2, -0.15) is 5.10 Å². The molecule has 0 saturated carbocycles. The van der Waals surface area contributed by atoms with E-state index in [1.54, 1.807) is 23.6 Å².